The fourth-order valence-corrected chi connectivity index (χ4v) is 1.40. The number of anilines is 1. The molecule has 0 aliphatic carbocycles. The zero-order valence-electron chi connectivity index (χ0n) is 10.8. The van der Waals surface area contributed by atoms with Crippen molar-refractivity contribution in [3.8, 4) is 0 Å². The molecular formula is C13H20N2O2. The highest BCUT2D eigenvalue weighted by molar-refractivity contribution is 5.86. The number of ether oxygens (including phenoxy) is 1. The van der Waals surface area contributed by atoms with Crippen molar-refractivity contribution in [2.75, 3.05) is 5.32 Å². The Labute approximate surface area is 102 Å². The molecule has 1 aromatic carbocycles. The van der Waals surface area contributed by atoms with Crippen molar-refractivity contribution >= 4 is 11.8 Å². The number of amides is 1. The second-order valence-corrected chi connectivity index (χ2v) is 4.99. The minimum atomic E-state index is -0.503. The molecule has 0 saturated heterocycles. The van der Waals surface area contributed by atoms with Crippen molar-refractivity contribution in [2.24, 2.45) is 5.73 Å². The van der Waals surface area contributed by atoms with Gasteiger partial charge in [0.15, 0.2) is 0 Å². The molecule has 1 rings (SSSR count). The van der Waals surface area contributed by atoms with Gasteiger partial charge in [0.25, 0.3) is 0 Å². The summed E-state index contributed by atoms with van der Waals surface area (Å²) in [5.41, 5.74) is 7.77. The Bertz CT molecular complexity index is 408. The van der Waals surface area contributed by atoms with Crippen molar-refractivity contribution in [2.45, 2.75) is 39.8 Å². The Morgan fingerprint density at radius 1 is 1.41 bits per heavy atom. The summed E-state index contributed by atoms with van der Waals surface area (Å²) in [6.45, 7) is 7.82. The first kappa shape index (κ1) is 13.5. The Balaban J connectivity index is 2.80. The lowest BCUT2D eigenvalue weighted by Gasteiger charge is -2.20. The van der Waals surface area contributed by atoms with Crippen LogP contribution in [0, 0.1) is 6.92 Å². The third kappa shape index (κ3) is 4.44. The van der Waals surface area contributed by atoms with E-state index in [1.54, 1.807) is 0 Å². The lowest BCUT2D eigenvalue weighted by molar-refractivity contribution is 0.0636. The number of aryl methyl sites for hydroxylation is 1. The highest BCUT2D eigenvalue weighted by atomic mass is 16.6. The molecule has 4 heteroatoms. The molecule has 0 atom stereocenters. The van der Waals surface area contributed by atoms with Gasteiger partial charge in [-0.15, -0.1) is 0 Å². The van der Waals surface area contributed by atoms with Crippen molar-refractivity contribution in [3.63, 3.8) is 0 Å². The molecule has 0 aliphatic heterocycles. The molecule has 0 heterocycles. The summed E-state index contributed by atoms with van der Waals surface area (Å²) in [7, 11) is 0. The van der Waals surface area contributed by atoms with Crippen molar-refractivity contribution < 1.29 is 9.53 Å². The van der Waals surface area contributed by atoms with Crippen molar-refractivity contribution in [1.82, 2.24) is 0 Å². The summed E-state index contributed by atoms with van der Waals surface area (Å²) in [4.78, 5) is 11.6. The Hall–Kier alpha value is -1.55. The number of carbonyl (C=O) groups is 1. The summed E-state index contributed by atoms with van der Waals surface area (Å²) in [6, 6.07) is 5.75. The van der Waals surface area contributed by atoms with Crippen LogP contribution in [0.5, 0.6) is 0 Å². The molecular weight excluding hydrogens is 216 g/mol. The maximum absolute atomic E-state index is 11.6. The predicted molar refractivity (Wildman–Crippen MR) is 68.9 cm³/mol. The number of rotatable bonds is 2. The van der Waals surface area contributed by atoms with Crippen LogP contribution in [-0.4, -0.2) is 11.7 Å². The molecule has 94 valence electrons. The fourth-order valence-electron chi connectivity index (χ4n) is 1.40. The Kier molecular flexibility index (Phi) is 4.12. The molecule has 0 radical (unpaired) electrons. The van der Waals surface area contributed by atoms with E-state index in [0.717, 1.165) is 11.1 Å². The molecule has 0 unspecified atom stereocenters. The average Bonchev–Trinajstić information content (AvgIpc) is 2.14. The first-order valence-corrected chi connectivity index (χ1v) is 5.61. The van der Waals surface area contributed by atoms with Crippen LogP contribution in [0.3, 0.4) is 0 Å². The Morgan fingerprint density at radius 2 is 2.06 bits per heavy atom. The third-order valence-electron chi connectivity index (χ3n) is 2.12. The molecule has 17 heavy (non-hydrogen) atoms. The molecule has 0 bridgehead atoms. The smallest absolute Gasteiger partial charge is 0.412 e. The van der Waals surface area contributed by atoms with Crippen LogP contribution in [-0.2, 0) is 11.3 Å². The number of benzene rings is 1. The summed E-state index contributed by atoms with van der Waals surface area (Å²) >= 11 is 0. The Morgan fingerprint density at radius 3 is 2.59 bits per heavy atom. The lowest BCUT2D eigenvalue weighted by atomic mass is 10.1. The quantitative estimate of drug-likeness (QED) is 0.829. The number of hydrogen-bond donors (Lipinski definition) is 2. The maximum atomic E-state index is 11.6. The van der Waals surface area contributed by atoms with E-state index in [-0.39, 0.29) is 0 Å². The number of nitrogens with one attached hydrogen (secondary N) is 1. The molecule has 1 aromatic rings. The molecule has 3 N–H and O–H groups in total. The number of carbonyl (C=O) groups excluding carboxylic acids is 1. The predicted octanol–water partition coefficient (Wildman–Crippen LogP) is 2.80. The maximum Gasteiger partial charge on any atom is 0.412 e. The van der Waals surface area contributed by atoms with Crippen LogP contribution in [0.1, 0.15) is 31.9 Å². The summed E-state index contributed by atoms with van der Waals surface area (Å²) < 4.78 is 5.19. The van der Waals surface area contributed by atoms with Crippen molar-refractivity contribution in [1.29, 1.82) is 0 Å². The van der Waals surface area contributed by atoms with Gasteiger partial charge in [-0.25, -0.2) is 4.79 Å². The van der Waals surface area contributed by atoms with E-state index in [2.05, 4.69) is 5.32 Å². The standard InChI is InChI=1S/C13H20N2O2/c1-9-5-6-10(8-14)11(7-9)15-12(16)17-13(2,3)4/h5-7H,8,14H2,1-4H3,(H,15,16). The van der Waals surface area contributed by atoms with Crippen LogP contribution in [0.25, 0.3) is 0 Å². The molecule has 0 fully saturated rings. The summed E-state index contributed by atoms with van der Waals surface area (Å²) in [5.74, 6) is 0. The van der Waals surface area contributed by atoms with Gasteiger partial charge in [-0.3, -0.25) is 5.32 Å². The van der Waals surface area contributed by atoms with Crippen LogP contribution in [0.15, 0.2) is 18.2 Å². The van der Waals surface area contributed by atoms with E-state index in [1.807, 2.05) is 45.9 Å². The van der Waals surface area contributed by atoms with Gasteiger partial charge >= 0.3 is 6.09 Å². The van der Waals surface area contributed by atoms with E-state index < -0.39 is 11.7 Å². The lowest BCUT2D eigenvalue weighted by Crippen LogP contribution is -2.27. The topological polar surface area (TPSA) is 64.3 Å². The van der Waals surface area contributed by atoms with Gasteiger partial charge in [0, 0.05) is 12.2 Å². The zero-order chi connectivity index (χ0) is 13.1. The van der Waals surface area contributed by atoms with E-state index in [4.69, 9.17) is 10.5 Å². The fraction of sp³-hybridized carbons (Fsp3) is 0.462. The second kappa shape index (κ2) is 5.19. The molecule has 1 amide bonds. The largest absolute Gasteiger partial charge is 0.444 e. The number of hydrogen-bond acceptors (Lipinski definition) is 3. The van der Waals surface area contributed by atoms with E-state index >= 15 is 0 Å². The van der Waals surface area contributed by atoms with Crippen LogP contribution in [0.2, 0.25) is 0 Å². The zero-order valence-corrected chi connectivity index (χ0v) is 10.8. The first-order chi connectivity index (χ1) is 7.81. The SMILES string of the molecule is Cc1ccc(CN)c(NC(=O)OC(C)(C)C)c1. The van der Waals surface area contributed by atoms with Gasteiger partial charge in [-0.1, -0.05) is 12.1 Å². The van der Waals surface area contributed by atoms with Crippen LogP contribution < -0.4 is 11.1 Å². The average molecular weight is 236 g/mol. The van der Waals surface area contributed by atoms with Gasteiger partial charge in [0.05, 0.1) is 0 Å². The molecule has 0 saturated carbocycles. The van der Waals surface area contributed by atoms with E-state index in [9.17, 15) is 4.79 Å². The molecule has 0 aliphatic rings. The van der Waals surface area contributed by atoms with Crippen LogP contribution in [0.4, 0.5) is 10.5 Å². The molecule has 4 nitrogen and oxygen atoms in total. The minimum Gasteiger partial charge on any atom is -0.444 e. The molecule has 0 aromatic heterocycles. The summed E-state index contributed by atoms with van der Waals surface area (Å²) in [5, 5.41) is 2.72. The van der Waals surface area contributed by atoms with Gasteiger partial charge in [0.1, 0.15) is 5.60 Å². The first-order valence-electron chi connectivity index (χ1n) is 5.61. The highest BCUT2D eigenvalue weighted by Crippen LogP contribution is 2.18. The van der Waals surface area contributed by atoms with Gasteiger partial charge in [-0.05, 0) is 44.9 Å². The highest BCUT2D eigenvalue weighted by Gasteiger charge is 2.16. The van der Waals surface area contributed by atoms with Gasteiger partial charge < -0.3 is 10.5 Å². The van der Waals surface area contributed by atoms with Gasteiger partial charge in [-0.2, -0.15) is 0 Å². The summed E-state index contributed by atoms with van der Waals surface area (Å²) in [6.07, 6.45) is -0.460. The minimum absolute atomic E-state index is 0.380. The monoisotopic (exact) mass is 236 g/mol. The third-order valence-corrected chi connectivity index (χ3v) is 2.12. The van der Waals surface area contributed by atoms with E-state index in [0.29, 0.717) is 12.2 Å². The van der Waals surface area contributed by atoms with E-state index in [1.165, 1.54) is 0 Å². The van der Waals surface area contributed by atoms with Crippen LogP contribution >= 0.6 is 0 Å². The van der Waals surface area contributed by atoms with Gasteiger partial charge in [0.2, 0.25) is 0 Å². The van der Waals surface area contributed by atoms with Crippen molar-refractivity contribution in [3.05, 3.63) is 29.3 Å². The normalized spacial score (nSPS) is 11.1. The molecule has 0 spiro atoms. The second-order valence-electron chi connectivity index (χ2n) is 4.99. The number of nitrogens with two attached hydrogens (primary N) is 1.